The molecule has 0 saturated carbocycles. The third-order valence-electron chi connectivity index (χ3n) is 4.98. The summed E-state index contributed by atoms with van der Waals surface area (Å²) < 4.78 is 32.3. The van der Waals surface area contributed by atoms with Crippen molar-refractivity contribution in [2.75, 3.05) is 13.1 Å². The molecule has 6 heteroatoms. The Bertz CT molecular complexity index is 628. The van der Waals surface area contributed by atoms with Gasteiger partial charge in [0.05, 0.1) is 42.9 Å². The van der Waals surface area contributed by atoms with Gasteiger partial charge in [-0.15, -0.1) is 0 Å². The van der Waals surface area contributed by atoms with Gasteiger partial charge in [0.1, 0.15) is 15.9 Å². The molecule has 1 aliphatic rings. The number of benzene rings is 1. The number of carbonyl (C=O) groups excluding carboxylic acids is 1. The van der Waals surface area contributed by atoms with Crippen LogP contribution in [0.2, 0.25) is 0 Å². The molecule has 0 aromatic heterocycles. The molecule has 5 nitrogen and oxygen atoms in total. The van der Waals surface area contributed by atoms with E-state index in [0.29, 0.717) is 17.9 Å². The van der Waals surface area contributed by atoms with Gasteiger partial charge in [0.15, 0.2) is 0 Å². The second-order valence-electron chi connectivity index (χ2n) is 7.04. The minimum atomic E-state index is -4.27. The van der Waals surface area contributed by atoms with E-state index < -0.39 is 10.1 Å². The van der Waals surface area contributed by atoms with Crippen LogP contribution < -0.4 is 0 Å². The number of ketones is 1. The quantitative estimate of drug-likeness (QED) is 0.617. The zero-order valence-electron chi connectivity index (χ0n) is 15.3. The summed E-state index contributed by atoms with van der Waals surface area (Å²) in [7, 11) is -4.27. The molecule has 1 aliphatic heterocycles. The summed E-state index contributed by atoms with van der Waals surface area (Å²) in [5.41, 5.74) is 0.928. The van der Waals surface area contributed by atoms with Gasteiger partial charge in [-0.2, -0.15) is 0 Å². The minimum absolute atomic E-state index is 0.178. The Morgan fingerprint density at radius 1 is 0.958 bits per heavy atom. The van der Waals surface area contributed by atoms with E-state index in [1.54, 1.807) is 12.1 Å². The molecule has 0 N–H and O–H groups in total. The highest BCUT2D eigenvalue weighted by Crippen LogP contribution is 2.25. The molecular weight excluding hydrogens is 326 g/mol. The Labute approximate surface area is 146 Å². The average Bonchev–Trinajstić information content (AvgIpc) is 2.47. The largest absolute Gasteiger partial charge is 0.744 e. The number of carbonyl (C=O) groups is 1. The number of quaternary nitrogens is 1. The first-order chi connectivity index (χ1) is 11.0. The SMILES string of the molecule is CC(C)[N+]1(C(C)C)CCC(=O)CC1.Cc1ccc(S(=O)(=O)[O-])cc1. The van der Waals surface area contributed by atoms with Gasteiger partial charge < -0.3 is 9.04 Å². The Morgan fingerprint density at radius 3 is 1.71 bits per heavy atom. The molecule has 0 radical (unpaired) electrons. The molecule has 1 aromatic rings. The van der Waals surface area contributed by atoms with Crippen molar-refractivity contribution in [2.24, 2.45) is 0 Å². The van der Waals surface area contributed by atoms with Crippen LogP contribution in [0.15, 0.2) is 29.2 Å². The van der Waals surface area contributed by atoms with E-state index in [-0.39, 0.29) is 4.90 Å². The molecule has 2 rings (SSSR count). The number of rotatable bonds is 3. The van der Waals surface area contributed by atoms with Crippen LogP contribution in [0.5, 0.6) is 0 Å². The maximum atomic E-state index is 11.2. The first kappa shape index (κ1) is 20.8. The van der Waals surface area contributed by atoms with Crippen LogP contribution in [0, 0.1) is 6.92 Å². The fourth-order valence-electron chi connectivity index (χ4n) is 3.24. The maximum Gasteiger partial charge on any atom is 0.144 e. The summed E-state index contributed by atoms with van der Waals surface area (Å²) in [4.78, 5) is 11.0. The lowest BCUT2D eigenvalue weighted by Crippen LogP contribution is -2.61. The normalized spacial score (nSPS) is 17.6. The van der Waals surface area contributed by atoms with E-state index in [1.807, 2.05) is 6.92 Å². The highest BCUT2D eigenvalue weighted by atomic mass is 32.2. The van der Waals surface area contributed by atoms with Crippen molar-refractivity contribution in [2.45, 2.75) is 64.4 Å². The molecule has 1 saturated heterocycles. The van der Waals surface area contributed by atoms with Crippen LogP contribution in [0.4, 0.5) is 0 Å². The molecule has 0 atom stereocenters. The standard InChI is InChI=1S/C11H22NO.C7H8O3S/c1-9(2)12(10(3)4)7-5-11(13)6-8-12;1-6-2-4-7(5-3-6)11(8,9)10/h9-10H,5-8H2,1-4H3;2-5H,1H3,(H,8,9,10)/q+1;/p-1. The first-order valence-electron chi connectivity index (χ1n) is 8.39. The fraction of sp³-hybridized carbons (Fsp3) is 0.611. The fourth-order valence-corrected chi connectivity index (χ4v) is 3.71. The molecule has 0 aliphatic carbocycles. The molecule has 24 heavy (non-hydrogen) atoms. The van der Waals surface area contributed by atoms with Gasteiger partial charge in [0.25, 0.3) is 0 Å². The molecule has 1 heterocycles. The van der Waals surface area contributed by atoms with Crippen molar-refractivity contribution in [3.8, 4) is 0 Å². The monoisotopic (exact) mass is 355 g/mol. The number of piperidine rings is 1. The summed E-state index contributed by atoms with van der Waals surface area (Å²) in [6.07, 6.45) is 1.58. The zero-order valence-corrected chi connectivity index (χ0v) is 16.1. The van der Waals surface area contributed by atoms with E-state index >= 15 is 0 Å². The summed E-state index contributed by atoms with van der Waals surface area (Å²) in [6, 6.07) is 7.08. The van der Waals surface area contributed by atoms with E-state index in [4.69, 9.17) is 0 Å². The third kappa shape index (κ3) is 5.40. The number of likely N-dealkylation sites (tertiary alicyclic amines) is 1. The predicted octanol–water partition coefficient (Wildman–Crippen LogP) is 2.88. The lowest BCUT2D eigenvalue weighted by Gasteiger charge is -2.48. The highest BCUT2D eigenvalue weighted by Gasteiger charge is 2.38. The zero-order chi connectivity index (χ0) is 18.5. The van der Waals surface area contributed by atoms with Crippen molar-refractivity contribution in [1.82, 2.24) is 0 Å². The summed E-state index contributed by atoms with van der Waals surface area (Å²) >= 11 is 0. The number of Topliss-reactive ketones (excluding diaryl/α,β-unsaturated/α-hetero) is 1. The van der Waals surface area contributed by atoms with Crippen LogP contribution in [-0.2, 0) is 14.9 Å². The van der Waals surface area contributed by atoms with Crippen LogP contribution >= 0.6 is 0 Å². The van der Waals surface area contributed by atoms with Gasteiger partial charge in [-0.05, 0) is 46.8 Å². The van der Waals surface area contributed by atoms with E-state index in [0.717, 1.165) is 36.0 Å². The van der Waals surface area contributed by atoms with Gasteiger partial charge >= 0.3 is 0 Å². The smallest absolute Gasteiger partial charge is 0.144 e. The average molecular weight is 356 g/mol. The van der Waals surface area contributed by atoms with Gasteiger partial charge in [-0.25, -0.2) is 8.42 Å². The molecule has 1 fully saturated rings. The van der Waals surface area contributed by atoms with Gasteiger partial charge in [-0.1, -0.05) is 17.7 Å². The van der Waals surface area contributed by atoms with Gasteiger partial charge in [0.2, 0.25) is 0 Å². The molecule has 136 valence electrons. The Hall–Kier alpha value is -1.24. The van der Waals surface area contributed by atoms with Crippen LogP contribution in [0.25, 0.3) is 0 Å². The van der Waals surface area contributed by atoms with E-state index in [1.165, 1.54) is 12.1 Å². The van der Waals surface area contributed by atoms with Gasteiger partial charge in [-0.3, -0.25) is 4.79 Å². The van der Waals surface area contributed by atoms with E-state index in [2.05, 4.69) is 27.7 Å². The maximum absolute atomic E-state index is 11.2. The molecular formula is C18H29NO4S. The van der Waals surface area contributed by atoms with Gasteiger partial charge in [0, 0.05) is 0 Å². The van der Waals surface area contributed by atoms with Crippen molar-refractivity contribution in [3.63, 3.8) is 0 Å². The predicted molar refractivity (Wildman–Crippen MR) is 93.6 cm³/mol. The molecule has 0 bridgehead atoms. The van der Waals surface area contributed by atoms with Crippen molar-refractivity contribution >= 4 is 15.9 Å². The number of nitrogens with zero attached hydrogens (tertiary/aromatic N) is 1. The van der Waals surface area contributed by atoms with E-state index in [9.17, 15) is 17.8 Å². The summed E-state index contributed by atoms with van der Waals surface area (Å²) in [5.74, 6) is 0.454. The first-order valence-corrected chi connectivity index (χ1v) is 9.80. The van der Waals surface area contributed by atoms with Crippen LogP contribution in [-0.4, -0.2) is 48.4 Å². The summed E-state index contributed by atoms with van der Waals surface area (Å²) in [6.45, 7) is 13.0. The minimum Gasteiger partial charge on any atom is -0.744 e. The lowest BCUT2D eigenvalue weighted by molar-refractivity contribution is -0.967. The number of aryl methyl sites for hydroxylation is 1. The Morgan fingerprint density at radius 2 is 1.38 bits per heavy atom. The molecule has 0 unspecified atom stereocenters. The Kier molecular flexibility index (Phi) is 7.13. The second kappa shape index (κ2) is 8.23. The van der Waals surface area contributed by atoms with Crippen molar-refractivity contribution < 1.29 is 22.2 Å². The molecule has 0 amide bonds. The second-order valence-corrected chi connectivity index (χ2v) is 8.42. The topological polar surface area (TPSA) is 74.3 Å². The van der Waals surface area contributed by atoms with Crippen LogP contribution in [0.3, 0.4) is 0 Å². The third-order valence-corrected chi connectivity index (χ3v) is 5.83. The van der Waals surface area contributed by atoms with Crippen molar-refractivity contribution in [1.29, 1.82) is 0 Å². The Balaban J connectivity index is 0.000000243. The van der Waals surface area contributed by atoms with Crippen molar-refractivity contribution in [3.05, 3.63) is 29.8 Å². The lowest BCUT2D eigenvalue weighted by atomic mass is 10.0. The summed E-state index contributed by atoms with van der Waals surface area (Å²) in [5, 5.41) is 0. The van der Waals surface area contributed by atoms with Crippen LogP contribution in [0.1, 0.15) is 46.1 Å². The molecule has 0 spiro atoms. The highest BCUT2D eigenvalue weighted by molar-refractivity contribution is 7.85. The number of hydrogen-bond donors (Lipinski definition) is 0. The number of hydrogen-bond acceptors (Lipinski definition) is 4. The molecule has 1 aromatic carbocycles.